The molecule has 2 bridgehead atoms. The maximum Gasteiger partial charge on any atom is 0.309 e. The summed E-state index contributed by atoms with van der Waals surface area (Å²) in [5.74, 6) is 2.45. The minimum atomic E-state index is -0.252. The highest BCUT2D eigenvalue weighted by Gasteiger charge is 3.01. The molecular formula is C16H20O4. The van der Waals surface area contributed by atoms with E-state index in [2.05, 4.69) is 13.8 Å². The van der Waals surface area contributed by atoms with Crippen molar-refractivity contribution >= 4 is 11.9 Å². The molecule has 0 spiro atoms. The number of carbonyl (C=O) groups is 2. The highest BCUT2D eigenvalue weighted by molar-refractivity contribution is 5.85. The molecule has 20 heavy (non-hydrogen) atoms. The van der Waals surface area contributed by atoms with Crippen LogP contribution in [0.5, 0.6) is 0 Å². The van der Waals surface area contributed by atoms with Gasteiger partial charge in [0, 0.05) is 0 Å². The zero-order valence-electron chi connectivity index (χ0n) is 12.3. The Bertz CT molecular complexity index is 497. The summed E-state index contributed by atoms with van der Waals surface area (Å²) in [6.07, 6.45) is 0. The van der Waals surface area contributed by atoms with E-state index in [1.807, 2.05) is 0 Å². The summed E-state index contributed by atoms with van der Waals surface area (Å²) in [5.41, 5.74) is 0.910. The highest BCUT2D eigenvalue weighted by Crippen LogP contribution is 3.03. The molecule has 4 heteroatoms. The molecule has 0 aromatic rings. The SMILES string of the molecule is COC(=O)[C@@H]1C2[C@@H]3[C@@H]4C([C@@H]1C(=O)OC)[C@H]1[C@@H]2C3(C)C41C. The van der Waals surface area contributed by atoms with Gasteiger partial charge in [0.25, 0.3) is 0 Å². The number of ether oxygens (including phenoxy) is 2. The Morgan fingerprint density at radius 1 is 0.750 bits per heavy atom. The van der Waals surface area contributed by atoms with Gasteiger partial charge in [-0.3, -0.25) is 9.59 Å². The van der Waals surface area contributed by atoms with E-state index < -0.39 is 0 Å². The molecule has 6 aliphatic rings. The monoisotopic (exact) mass is 276 g/mol. The molecule has 0 radical (unpaired) electrons. The summed E-state index contributed by atoms with van der Waals surface area (Å²) in [6, 6.07) is 0. The Morgan fingerprint density at radius 2 is 1.05 bits per heavy atom. The first-order valence-corrected chi connectivity index (χ1v) is 7.62. The van der Waals surface area contributed by atoms with Crippen LogP contribution in [-0.4, -0.2) is 26.2 Å². The van der Waals surface area contributed by atoms with Crippen LogP contribution in [0.25, 0.3) is 0 Å². The summed E-state index contributed by atoms with van der Waals surface area (Å²) in [7, 11) is 2.86. The zero-order chi connectivity index (χ0) is 14.2. The molecule has 6 rings (SSSR count). The van der Waals surface area contributed by atoms with Crippen molar-refractivity contribution in [2.75, 3.05) is 14.2 Å². The van der Waals surface area contributed by atoms with Gasteiger partial charge in [0.2, 0.25) is 0 Å². The first kappa shape index (κ1) is 11.6. The number of esters is 2. The Hall–Kier alpha value is -1.06. The molecular weight excluding hydrogens is 256 g/mol. The van der Waals surface area contributed by atoms with Crippen LogP contribution >= 0.6 is 0 Å². The van der Waals surface area contributed by atoms with Gasteiger partial charge in [0.1, 0.15) is 0 Å². The molecule has 0 unspecified atom stereocenters. The predicted octanol–water partition coefficient (Wildman–Crippen LogP) is 1.34. The first-order valence-electron chi connectivity index (χ1n) is 7.62. The molecule has 0 heterocycles. The second kappa shape index (κ2) is 2.79. The van der Waals surface area contributed by atoms with Crippen LogP contribution in [0.2, 0.25) is 0 Å². The molecule has 0 N–H and O–H groups in total. The van der Waals surface area contributed by atoms with Crippen LogP contribution in [0.3, 0.4) is 0 Å². The van der Waals surface area contributed by atoms with Crippen molar-refractivity contribution in [1.82, 2.24) is 0 Å². The summed E-state index contributed by atoms with van der Waals surface area (Å²) in [5, 5.41) is 0. The van der Waals surface area contributed by atoms with E-state index in [1.54, 1.807) is 0 Å². The van der Waals surface area contributed by atoms with Crippen LogP contribution in [0.1, 0.15) is 13.8 Å². The summed E-state index contributed by atoms with van der Waals surface area (Å²) >= 11 is 0. The molecule has 0 amide bonds. The average Bonchev–Trinajstić information content (AvgIpc) is 2.49. The molecule has 6 fully saturated rings. The Balaban J connectivity index is 1.59. The molecule has 0 saturated heterocycles. The summed E-state index contributed by atoms with van der Waals surface area (Å²) in [6.45, 7) is 4.80. The van der Waals surface area contributed by atoms with Crippen LogP contribution < -0.4 is 0 Å². The van der Waals surface area contributed by atoms with Gasteiger partial charge in [0.15, 0.2) is 0 Å². The van der Waals surface area contributed by atoms with Gasteiger partial charge >= 0.3 is 11.9 Å². The summed E-state index contributed by atoms with van der Waals surface area (Å²) in [4.78, 5) is 24.5. The molecule has 4 nitrogen and oxygen atoms in total. The smallest absolute Gasteiger partial charge is 0.309 e. The lowest BCUT2D eigenvalue weighted by Gasteiger charge is -3.03. The quantitative estimate of drug-likeness (QED) is 0.714. The zero-order valence-corrected chi connectivity index (χ0v) is 12.3. The molecule has 6 saturated carbocycles. The van der Waals surface area contributed by atoms with Gasteiger partial charge in [-0.2, -0.15) is 0 Å². The third kappa shape index (κ3) is 0.674. The molecule has 108 valence electrons. The van der Waals surface area contributed by atoms with Gasteiger partial charge in [0.05, 0.1) is 26.1 Å². The van der Waals surface area contributed by atoms with Gasteiger partial charge in [-0.15, -0.1) is 0 Å². The van der Waals surface area contributed by atoms with E-state index in [0.717, 1.165) is 0 Å². The van der Waals surface area contributed by atoms with Gasteiger partial charge in [-0.05, 0) is 46.3 Å². The molecule has 6 aliphatic carbocycles. The van der Waals surface area contributed by atoms with Crippen molar-refractivity contribution in [3.63, 3.8) is 0 Å². The van der Waals surface area contributed by atoms with Gasteiger partial charge < -0.3 is 9.47 Å². The maximum absolute atomic E-state index is 12.2. The van der Waals surface area contributed by atoms with Crippen LogP contribution in [0, 0.1) is 58.2 Å². The number of hydrogen-bond donors (Lipinski definition) is 0. The van der Waals surface area contributed by atoms with Crippen molar-refractivity contribution < 1.29 is 19.1 Å². The lowest BCUT2D eigenvalue weighted by molar-refractivity contribution is -0.573. The lowest BCUT2D eigenvalue weighted by atomic mass is 9.00. The largest absolute Gasteiger partial charge is 0.469 e. The fourth-order valence-electron chi connectivity index (χ4n) is 8.20. The Labute approximate surface area is 118 Å². The first-order chi connectivity index (χ1) is 9.46. The van der Waals surface area contributed by atoms with Crippen molar-refractivity contribution in [3.8, 4) is 0 Å². The van der Waals surface area contributed by atoms with Crippen LogP contribution in [-0.2, 0) is 19.1 Å². The Morgan fingerprint density at radius 3 is 1.30 bits per heavy atom. The second-order valence-electron chi connectivity index (χ2n) is 7.92. The average molecular weight is 276 g/mol. The minimum absolute atomic E-state index is 0.199. The van der Waals surface area contributed by atoms with Crippen molar-refractivity contribution in [2.45, 2.75) is 13.8 Å². The standard InChI is InChI=1S/C16H20O4/c1-15-9-7-5(13(17)19-3)6(14(18)20-4)8-11(9)16(15,2)12(8)10(7)15/h5-12H,1-4H3/t5-,6+,7?,8?,9+,10+,11-,12-,15?,16?. The molecule has 0 aliphatic heterocycles. The third-order valence-electron chi connectivity index (χ3n) is 8.53. The van der Waals surface area contributed by atoms with E-state index >= 15 is 0 Å². The van der Waals surface area contributed by atoms with E-state index in [9.17, 15) is 9.59 Å². The fourth-order valence-corrected chi connectivity index (χ4v) is 8.20. The second-order valence-corrected chi connectivity index (χ2v) is 7.92. The number of fused-ring (bicyclic) bond motifs is 1. The van der Waals surface area contributed by atoms with E-state index in [-0.39, 0.29) is 23.8 Å². The van der Waals surface area contributed by atoms with E-state index in [1.165, 1.54) is 14.2 Å². The number of carbonyl (C=O) groups excluding carboxylic acids is 2. The predicted molar refractivity (Wildman–Crippen MR) is 68.2 cm³/mol. The van der Waals surface area contributed by atoms with Crippen molar-refractivity contribution in [2.24, 2.45) is 58.2 Å². The van der Waals surface area contributed by atoms with Gasteiger partial charge in [-0.1, -0.05) is 13.8 Å². The summed E-state index contributed by atoms with van der Waals surface area (Å²) < 4.78 is 10.0. The van der Waals surface area contributed by atoms with Crippen LogP contribution in [0.4, 0.5) is 0 Å². The maximum atomic E-state index is 12.2. The molecule has 0 aromatic heterocycles. The molecule has 6 atom stereocenters. The normalized spacial score (nSPS) is 65.8. The minimum Gasteiger partial charge on any atom is -0.469 e. The van der Waals surface area contributed by atoms with Crippen molar-refractivity contribution in [1.29, 1.82) is 0 Å². The van der Waals surface area contributed by atoms with Gasteiger partial charge in [-0.25, -0.2) is 0 Å². The molecule has 0 aromatic carbocycles. The van der Waals surface area contributed by atoms with Crippen molar-refractivity contribution in [3.05, 3.63) is 0 Å². The Kier molecular flexibility index (Phi) is 1.62. The fraction of sp³-hybridized carbons (Fsp3) is 0.875. The lowest BCUT2D eigenvalue weighted by Crippen LogP contribution is -3.02. The van der Waals surface area contributed by atoms with Crippen LogP contribution in [0.15, 0.2) is 0 Å². The highest BCUT2D eigenvalue weighted by atomic mass is 16.5. The number of hydrogen-bond acceptors (Lipinski definition) is 4. The third-order valence-corrected chi connectivity index (χ3v) is 8.53. The van der Waals surface area contributed by atoms with E-state index in [4.69, 9.17) is 9.47 Å². The number of rotatable bonds is 2. The number of methoxy groups -OCH3 is 2. The van der Waals surface area contributed by atoms with E-state index in [0.29, 0.717) is 46.3 Å². The topological polar surface area (TPSA) is 52.6 Å².